The van der Waals surface area contributed by atoms with Crippen molar-refractivity contribution >= 4 is 22.4 Å². The van der Waals surface area contributed by atoms with Gasteiger partial charge in [-0.15, -0.1) is 0 Å². The molecule has 0 bridgehead atoms. The zero-order valence-electron chi connectivity index (χ0n) is 23.2. The van der Waals surface area contributed by atoms with E-state index < -0.39 is 17.8 Å². The second-order valence-electron chi connectivity index (χ2n) is 10.3. The fourth-order valence-electron chi connectivity index (χ4n) is 5.23. The van der Waals surface area contributed by atoms with Crippen molar-refractivity contribution in [3.8, 4) is 22.8 Å². The van der Waals surface area contributed by atoms with E-state index in [4.69, 9.17) is 4.74 Å². The van der Waals surface area contributed by atoms with Crippen molar-refractivity contribution in [1.29, 1.82) is 0 Å². The molecule has 0 saturated carbocycles. The Morgan fingerprint density at radius 2 is 1.74 bits per heavy atom. The van der Waals surface area contributed by atoms with Gasteiger partial charge in [-0.3, -0.25) is 14.7 Å². The first-order valence-electron chi connectivity index (χ1n) is 14.1. The largest absolute Gasteiger partial charge is 0.492 e. The van der Waals surface area contributed by atoms with Gasteiger partial charge in [0.1, 0.15) is 12.4 Å². The normalized spacial score (nSPS) is 14.1. The number of fused-ring (bicyclic) bond motifs is 1. The molecule has 1 fully saturated rings. The van der Waals surface area contributed by atoms with Gasteiger partial charge in [-0.25, -0.2) is 9.67 Å². The lowest BCUT2D eigenvalue weighted by molar-refractivity contribution is -0.142. The average Bonchev–Trinajstić information content (AvgIpc) is 3.50. The highest BCUT2D eigenvalue weighted by Gasteiger charge is 2.37. The summed E-state index contributed by atoms with van der Waals surface area (Å²) < 4.78 is 48.4. The van der Waals surface area contributed by atoms with Crippen LogP contribution in [0.25, 0.3) is 27.8 Å². The standard InChI is InChI=1S/C32H29F3N6O2/c33-32(34,35)29-19-27(22-7-6-14-36-20-22)39-41(29)30-13-10-23(21-37-30)31(42)38-26-11-12-28(25-9-3-2-8-24(25)26)43-18-17-40-15-4-1-5-16-40/h2-3,6-14,19-21H,1,4-5,15-18H2,(H,38,42). The Labute approximate surface area is 246 Å². The first kappa shape index (κ1) is 28.4. The fraction of sp³-hybridized carbons (Fsp3) is 0.250. The molecule has 1 aliphatic rings. The number of carbonyl (C=O) groups excluding carboxylic acids is 1. The molecule has 3 aromatic heterocycles. The van der Waals surface area contributed by atoms with Crippen molar-refractivity contribution in [2.24, 2.45) is 0 Å². The molecular weight excluding hydrogens is 557 g/mol. The zero-order valence-corrected chi connectivity index (χ0v) is 23.2. The SMILES string of the molecule is O=C(Nc1ccc(OCCN2CCCCC2)c2ccccc12)c1ccc(-n2nc(-c3cccnc3)cc2C(F)(F)F)nc1. The van der Waals surface area contributed by atoms with Crippen LogP contribution in [0.15, 0.2) is 85.3 Å². The molecule has 8 nitrogen and oxygen atoms in total. The van der Waals surface area contributed by atoms with Crippen LogP contribution in [0, 0.1) is 0 Å². The van der Waals surface area contributed by atoms with E-state index in [0.29, 0.717) is 17.9 Å². The summed E-state index contributed by atoms with van der Waals surface area (Å²) in [6, 6.07) is 18.2. The summed E-state index contributed by atoms with van der Waals surface area (Å²) >= 11 is 0. The number of likely N-dealkylation sites (tertiary alicyclic amines) is 1. The highest BCUT2D eigenvalue weighted by Crippen LogP contribution is 2.34. The minimum atomic E-state index is -4.67. The maximum Gasteiger partial charge on any atom is 0.433 e. The number of pyridine rings is 2. The number of nitrogens with one attached hydrogen (secondary N) is 1. The molecule has 1 N–H and O–H groups in total. The molecular formula is C32H29F3N6O2. The van der Waals surface area contributed by atoms with E-state index in [2.05, 4.69) is 25.3 Å². The average molecular weight is 587 g/mol. The molecule has 0 radical (unpaired) electrons. The Hall–Kier alpha value is -4.77. The summed E-state index contributed by atoms with van der Waals surface area (Å²) in [6.07, 6.45) is 3.25. The Morgan fingerprint density at radius 1 is 0.930 bits per heavy atom. The summed E-state index contributed by atoms with van der Waals surface area (Å²) in [6.45, 7) is 3.64. The number of anilines is 1. The smallest absolute Gasteiger partial charge is 0.433 e. The first-order chi connectivity index (χ1) is 20.9. The molecule has 4 heterocycles. The van der Waals surface area contributed by atoms with E-state index >= 15 is 0 Å². The molecule has 1 saturated heterocycles. The number of nitrogens with zero attached hydrogens (tertiary/aromatic N) is 5. The first-order valence-corrected chi connectivity index (χ1v) is 14.1. The van der Waals surface area contributed by atoms with Crippen LogP contribution >= 0.6 is 0 Å². The van der Waals surface area contributed by atoms with Gasteiger partial charge in [-0.1, -0.05) is 30.7 Å². The van der Waals surface area contributed by atoms with Gasteiger partial charge >= 0.3 is 6.18 Å². The number of alkyl halides is 3. The van der Waals surface area contributed by atoms with Gasteiger partial charge in [0.15, 0.2) is 11.5 Å². The van der Waals surface area contributed by atoms with Gasteiger partial charge in [0.25, 0.3) is 5.91 Å². The minimum Gasteiger partial charge on any atom is -0.492 e. The van der Waals surface area contributed by atoms with Crippen molar-refractivity contribution in [3.05, 3.63) is 96.6 Å². The second-order valence-corrected chi connectivity index (χ2v) is 10.3. The molecule has 0 aliphatic carbocycles. The molecule has 1 amide bonds. The third kappa shape index (κ3) is 6.36. The monoisotopic (exact) mass is 586 g/mol. The number of aromatic nitrogens is 4. The number of hydrogen-bond donors (Lipinski definition) is 1. The van der Waals surface area contributed by atoms with Gasteiger partial charge < -0.3 is 10.1 Å². The van der Waals surface area contributed by atoms with Crippen LogP contribution in [-0.2, 0) is 6.18 Å². The van der Waals surface area contributed by atoms with Crippen molar-refractivity contribution in [1.82, 2.24) is 24.6 Å². The second kappa shape index (κ2) is 12.2. The number of benzene rings is 2. The van der Waals surface area contributed by atoms with E-state index in [0.717, 1.165) is 46.9 Å². The lowest BCUT2D eigenvalue weighted by Crippen LogP contribution is -2.33. The number of carbonyl (C=O) groups is 1. The molecule has 0 spiro atoms. The van der Waals surface area contributed by atoms with Crippen LogP contribution in [-0.4, -0.2) is 56.8 Å². The van der Waals surface area contributed by atoms with Crippen LogP contribution in [0.5, 0.6) is 5.75 Å². The molecule has 6 rings (SSSR count). The Morgan fingerprint density at radius 3 is 2.47 bits per heavy atom. The van der Waals surface area contributed by atoms with E-state index in [1.54, 1.807) is 18.2 Å². The molecule has 2 aromatic carbocycles. The Bertz CT molecular complexity index is 1720. The molecule has 5 aromatic rings. The summed E-state index contributed by atoms with van der Waals surface area (Å²) in [5.41, 5.74) is 0.326. The quantitative estimate of drug-likeness (QED) is 0.220. The maximum absolute atomic E-state index is 13.8. The number of ether oxygens (including phenoxy) is 1. The third-order valence-electron chi connectivity index (χ3n) is 7.43. The number of piperidine rings is 1. The lowest BCUT2D eigenvalue weighted by atomic mass is 10.1. The van der Waals surface area contributed by atoms with Crippen LogP contribution in [0.2, 0.25) is 0 Å². The third-order valence-corrected chi connectivity index (χ3v) is 7.43. The van der Waals surface area contributed by atoms with Crippen molar-refractivity contribution in [2.45, 2.75) is 25.4 Å². The highest BCUT2D eigenvalue weighted by atomic mass is 19.4. The number of amides is 1. The predicted octanol–water partition coefficient (Wildman–Crippen LogP) is 6.62. The van der Waals surface area contributed by atoms with Crippen molar-refractivity contribution in [2.75, 3.05) is 31.6 Å². The van der Waals surface area contributed by atoms with Gasteiger partial charge in [-0.05, 0) is 68.4 Å². The lowest BCUT2D eigenvalue weighted by Gasteiger charge is -2.26. The van der Waals surface area contributed by atoms with Crippen molar-refractivity contribution < 1.29 is 22.7 Å². The van der Waals surface area contributed by atoms with Crippen molar-refractivity contribution in [3.63, 3.8) is 0 Å². The van der Waals surface area contributed by atoms with Gasteiger partial charge in [-0.2, -0.15) is 18.3 Å². The van der Waals surface area contributed by atoms with Crippen LogP contribution < -0.4 is 10.1 Å². The van der Waals surface area contributed by atoms with E-state index in [9.17, 15) is 18.0 Å². The van der Waals surface area contributed by atoms with Gasteiger partial charge in [0.2, 0.25) is 0 Å². The van der Waals surface area contributed by atoms with Crippen LogP contribution in [0.3, 0.4) is 0 Å². The summed E-state index contributed by atoms with van der Waals surface area (Å²) in [5, 5.41) is 8.71. The molecule has 1 aliphatic heterocycles. The summed E-state index contributed by atoms with van der Waals surface area (Å²) in [7, 11) is 0. The van der Waals surface area contributed by atoms with E-state index in [-0.39, 0.29) is 17.1 Å². The van der Waals surface area contributed by atoms with E-state index in [1.165, 1.54) is 50.0 Å². The minimum absolute atomic E-state index is 0.0736. The molecule has 0 atom stereocenters. The fourth-order valence-corrected chi connectivity index (χ4v) is 5.23. The van der Waals surface area contributed by atoms with Gasteiger partial charge in [0, 0.05) is 47.2 Å². The van der Waals surface area contributed by atoms with Gasteiger partial charge in [0.05, 0.1) is 11.3 Å². The summed E-state index contributed by atoms with van der Waals surface area (Å²) in [4.78, 5) is 23.7. The summed E-state index contributed by atoms with van der Waals surface area (Å²) in [5.74, 6) is 0.216. The maximum atomic E-state index is 13.8. The van der Waals surface area contributed by atoms with Crippen LogP contribution in [0.4, 0.5) is 18.9 Å². The Balaban J connectivity index is 1.19. The molecule has 43 heavy (non-hydrogen) atoms. The molecule has 220 valence electrons. The highest BCUT2D eigenvalue weighted by molar-refractivity contribution is 6.10. The Kier molecular flexibility index (Phi) is 8.06. The van der Waals surface area contributed by atoms with Crippen LogP contribution in [0.1, 0.15) is 35.3 Å². The van der Waals surface area contributed by atoms with E-state index in [1.807, 2.05) is 30.3 Å². The molecule has 0 unspecified atom stereocenters. The number of hydrogen-bond acceptors (Lipinski definition) is 6. The zero-order chi connectivity index (χ0) is 29.8. The number of rotatable bonds is 8. The topological polar surface area (TPSA) is 85.2 Å². The number of halogens is 3. The predicted molar refractivity (Wildman–Crippen MR) is 157 cm³/mol. The molecule has 11 heteroatoms.